The van der Waals surface area contributed by atoms with E-state index in [9.17, 15) is 9.59 Å². The molecule has 0 unspecified atom stereocenters. The number of aromatic nitrogens is 1. The Hall–Kier alpha value is -1.91. The van der Waals surface area contributed by atoms with Crippen molar-refractivity contribution in [2.45, 2.75) is 46.6 Å². The van der Waals surface area contributed by atoms with Gasteiger partial charge in [-0.1, -0.05) is 19.9 Å². The fourth-order valence-corrected chi connectivity index (χ4v) is 2.33. The molecule has 0 aliphatic heterocycles. The highest BCUT2D eigenvalue weighted by Gasteiger charge is 2.22. The van der Waals surface area contributed by atoms with Gasteiger partial charge in [0.15, 0.2) is 0 Å². The Morgan fingerprint density at radius 2 is 2.00 bits per heavy atom. The summed E-state index contributed by atoms with van der Waals surface area (Å²) in [5.41, 5.74) is 0.964. The second-order valence-corrected chi connectivity index (χ2v) is 5.19. The first-order valence-corrected chi connectivity index (χ1v) is 7.95. The molecule has 0 atom stereocenters. The molecule has 1 aromatic rings. The van der Waals surface area contributed by atoms with E-state index in [1.807, 2.05) is 26.0 Å². The molecule has 0 radical (unpaired) electrons. The molecule has 0 aliphatic carbocycles. The molecule has 0 spiro atoms. The summed E-state index contributed by atoms with van der Waals surface area (Å²) in [6, 6.07) is 3.78. The molecular formula is C17H26N2O3. The lowest BCUT2D eigenvalue weighted by Crippen LogP contribution is -2.37. The van der Waals surface area contributed by atoms with Crippen LogP contribution in [0.3, 0.4) is 0 Å². The summed E-state index contributed by atoms with van der Waals surface area (Å²) >= 11 is 0. The Labute approximate surface area is 132 Å². The third-order valence-corrected chi connectivity index (χ3v) is 3.63. The number of rotatable bonds is 9. The highest BCUT2D eigenvalue weighted by Crippen LogP contribution is 2.15. The predicted octanol–water partition coefficient (Wildman–Crippen LogP) is 2.80. The van der Waals surface area contributed by atoms with Gasteiger partial charge in [0, 0.05) is 31.4 Å². The second kappa shape index (κ2) is 9.92. The molecule has 1 amide bonds. The smallest absolute Gasteiger partial charge is 0.307 e. The van der Waals surface area contributed by atoms with E-state index in [0.717, 1.165) is 18.4 Å². The average molecular weight is 306 g/mol. The minimum atomic E-state index is -0.268. The summed E-state index contributed by atoms with van der Waals surface area (Å²) in [6.07, 6.45) is 5.28. The first-order valence-electron chi connectivity index (χ1n) is 7.95. The van der Waals surface area contributed by atoms with Crippen LogP contribution in [0.4, 0.5) is 0 Å². The molecule has 122 valence electrons. The Bertz CT molecular complexity index is 458. The Kier molecular flexibility index (Phi) is 8.18. The standard InChI is InChI=1S/C17H26N2O3/c1-4-15(5-2)17(21)19(11-9-16(20)22-6-3)13-14-8-7-10-18-12-14/h7-8,10,12,15H,4-6,9,11,13H2,1-3H3. The van der Waals surface area contributed by atoms with E-state index in [1.165, 1.54) is 0 Å². The normalized spacial score (nSPS) is 10.5. The van der Waals surface area contributed by atoms with Crippen molar-refractivity contribution in [2.24, 2.45) is 5.92 Å². The van der Waals surface area contributed by atoms with Gasteiger partial charge < -0.3 is 9.64 Å². The van der Waals surface area contributed by atoms with Crippen LogP contribution in [-0.2, 0) is 20.9 Å². The van der Waals surface area contributed by atoms with Crippen LogP contribution >= 0.6 is 0 Å². The number of carbonyl (C=O) groups is 2. The first-order chi connectivity index (χ1) is 10.6. The number of hydrogen-bond donors (Lipinski definition) is 0. The number of ether oxygens (including phenoxy) is 1. The SMILES string of the molecule is CCOC(=O)CCN(Cc1cccnc1)C(=O)C(CC)CC. The molecular weight excluding hydrogens is 280 g/mol. The average Bonchev–Trinajstić information content (AvgIpc) is 2.53. The maximum atomic E-state index is 12.6. The molecule has 0 aliphatic rings. The van der Waals surface area contributed by atoms with E-state index in [2.05, 4.69) is 4.98 Å². The van der Waals surface area contributed by atoms with E-state index in [-0.39, 0.29) is 24.2 Å². The number of carbonyl (C=O) groups excluding carboxylic acids is 2. The zero-order chi connectivity index (χ0) is 16.4. The Morgan fingerprint density at radius 1 is 1.27 bits per heavy atom. The van der Waals surface area contributed by atoms with Gasteiger partial charge in [-0.25, -0.2) is 0 Å². The molecule has 1 heterocycles. The van der Waals surface area contributed by atoms with Crippen molar-refractivity contribution in [1.82, 2.24) is 9.88 Å². The third kappa shape index (κ3) is 5.84. The van der Waals surface area contributed by atoms with Crippen LogP contribution in [-0.4, -0.2) is 34.9 Å². The van der Waals surface area contributed by atoms with E-state index < -0.39 is 0 Å². The lowest BCUT2D eigenvalue weighted by atomic mass is 10.0. The van der Waals surface area contributed by atoms with Crippen LogP contribution < -0.4 is 0 Å². The fourth-order valence-electron chi connectivity index (χ4n) is 2.33. The van der Waals surface area contributed by atoms with E-state index in [0.29, 0.717) is 19.7 Å². The van der Waals surface area contributed by atoms with Gasteiger partial charge in [-0.15, -0.1) is 0 Å². The maximum absolute atomic E-state index is 12.6. The molecule has 22 heavy (non-hydrogen) atoms. The summed E-state index contributed by atoms with van der Waals surface area (Å²) in [5.74, 6) is -0.173. The van der Waals surface area contributed by atoms with Crippen LogP contribution in [0.1, 0.15) is 45.6 Å². The topological polar surface area (TPSA) is 59.5 Å². The van der Waals surface area contributed by atoms with E-state index in [4.69, 9.17) is 4.74 Å². The van der Waals surface area contributed by atoms with Gasteiger partial charge in [0.05, 0.1) is 13.0 Å². The molecule has 0 fully saturated rings. The van der Waals surface area contributed by atoms with Crippen molar-refractivity contribution >= 4 is 11.9 Å². The zero-order valence-electron chi connectivity index (χ0n) is 13.7. The minimum Gasteiger partial charge on any atom is -0.466 e. The van der Waals surface area contributed by atoms with Crippen LogP contribution in [0.15, 0.2) is 24.5 Å². The lowest BCUT2D eigenvalue weighted by molar-refractivity contribution is -0.144. The van der Waals surface area contributed by atoms with Gasteiger partial charge in [0.1, 0.15) is 0 Å². The van der Waals surface area contributed by atoms with Gasteiger partial charge in [0.2, 0.25) is 5.91 Å². The monoisotopic (exact) mass is 306 g/mol. The molecule has 0 aromatic carbocycles. The number of amides is 1. The van der Waals surface area contributed by atoms with Crippen molar-refractivity contribution in [3.8, 4) is 0 Å². The molecule has 0 saturated carbocycles. The molecule has 5 heteroatoms. The van der Waals surface area contributed by atoms with Gasteiger partial charge in [-0.3, -0.25) is 14.6 Å². The van der Waals surface area contributed by atoms with Crippen molar-refractivity contribution in [3.05, 3.63) is 30.1 Å². The molecule has 1 rings (SSSR count). The minimum absolute atomic E-state index is 0.00105. The van der Waals surface area contributed by atoms with E-state index in [1.54, 1.807) is 24.2 Å². The quantitative estimate of drug-likeness (QED) is 0.658. The van der Waals surface area contributed by atoms with Crippen LogP contribution in [0.2, 0.25) is 0 Å². The van der Waals surface area contributed by atoms with Gasteiger partial charge in [-0.2, -0.15) is 0 Å². The summed E-state index contributed by atoms with van der Waals surface area (Å²) in [5, 5.41) is 0. The molecule has 0 saturated heterocycles. The molecule has 5 nitrogen and oxygen atoms in total. The molecule has 0 bridgehead atoms. The Balaban J connectivity index is 2.75. The van der Waals surface area contributed by atoms with Gasteiger partial charge >= 0.3 is 5.97 Å². The van der Waals surface area contributed by atoms with Gasteiger partial charge in [0.25, 0.3) is 0 Å². The number of esters is 1. The highest BCUT2D eigenvalue weighted by atomic mass is 16.5. The van der Waals surface area contributed by atoms with Gasteiger partial charge in [-0.05, 0) is 31.4 Å². The zero-order valence-corrected chi connectivity index (χ0v) is 13.7. The third-order valence-electron chi connectivity index (χ3n) is 3.63. The summed E-state index contributed by atoms with van der Waals surface area (Å²) < 4.78 is 4.95. The molecule has 0 N–H and O–H groups in total. The first kappa shape index (κ1) is 18.1. The van der Waals surface area contributed by atoms with E-state index >= 15 is 0 Å². The number of pyridine rings is 1. The number of hydrogen-bond acceptors (Lipinski definition) is 4. The summed E-state index contributed by atoms with van der Waals surface area (Å²) in [7, 11) is 0. The Morgan fingerprint density at radius 3 is 2.55 bits per heavy atom. The molecule has 1 aromatic heterocycles. The maximum Gasteiger partial charge on any atom is 0.307 e. The van der Waals surface area contributed by atoms with Crippen molar-refractivity contribution in [1.29, 1.82) is 0 Å². The predicted molar refractivity (Wildman–Crippen MR) is 85.0 cm³/mol. The van der Waals surface area contributed by atoms with Crippen LogP contribution in [0.25, 0.3) is 0 Å². The van der Waals surface area contributed by atoms with Crippen molar-refractivity contribution in [3.63, 3.8) is 0 Å². The fraction of sp³-hybridized carbons (Fsp3) is 0.588. The highest BCUT2D eigenvalue weighted by molar-refractivity contribution is 5.79. The summed E-state index contributed by atoms with van der Waals surface area (Å²) in [4.78, 5) is 30.0. The summed E-state index contributed by atoms with van der Waals surface area (Å²) in [6.45, 7) is 7.02. The lowest BCUT2D eigenvalue weighted by Gasteiger charge is -2.26. The van der Waals surface area contributed by atoms with Crippen molar-refractivity contribution < 1.29 is 14.3 Å². The van der Waals surface area contributed by atoms with Crippen LogP contribution in [0, 0.1) is 5.92 Å². The largest absolute Gasteiger partial charge is 0.466 e. The second-order valence-electron chi connectivity index (χ2n) is 5.19. The van der Waals surface area contributed by atoms with Crippen molar-refractivity contribution in [2.75, 3.05) is 13.2 Å². The van der Waals surface area contributed by atoms with Crippen LogP contribution in [0.5, 0.6) is 0 Å². The number of nitrogens with zero attached hydrogens (tertiary/aromatic N) is 2.